The van der Waals surface area contributed by atoms with Crippen LogP contribution in [0.15, 0.2) is 18.2 Å². The lowest BCUT2D eigenvalue weighted by molar-refractivity contribution is -0.116. The summed E-state index contributed by atoms with van der Waals surface area (Å²) in [6.07, 6.45) is 0. The first-order valence-corrected chi connectivity index (χ1v) is 6.74. The zero-order chi connectivity index (χ0) is 22.3. The van der Waals surface area contributed by atoms with Gasteiger partial charge in [0.05, 0.1) is 16.7 Å². The first-order valence-electron chi connectivity index (χ1n) is 6.74. The summed E-state index contributed by atoms with van der Waals surface area (Å²) in [5.74, 6) is -5.12. The van der Waals surface area contributed by atoms with Crippen molar-refractivity contribution in [1.29, 1.82) is 0 Å². The maximum Gasteiger partial charge on any atom is 0.335 e. The van der Waals surface area contributed by atoms with E-state index in [0.29, 0.717) is 0 Å². The number of hydrogen-bond donors (Lipinski definition) is 6. The van der Waals surface area contributed by atoms with Crippen LogP contribution in [-0.4, -0.2) is 50.9 Å². The molecule has 1 rings (SSSR count). The summed E-state index contributed by atoms with van der Waals surface area (Å²) in [4.78, 5) is 59.4. The molecule has 0 aliphatic rings. The highest BCUT2D eigenvalue weighted by Gasteiger charge is 2.14. The minimum Gasteiger partial charge on any atom is -0.478 e. The van der Waals surface area contributed by atoms with Gasteiger partial charge in [-0.15, -0.1) is 0 Å². The lowest BCUT2D eigenvalue weighted by Gasteiger charge is -2.00. The molecular weight excluding hydrogens is 366 g/mol. The highest BCUT2D eigenvalue weighted by Crippen LogP contribution is 2.11. The number of rotatable bonds is 3. The molecular formula is C15H21N3O9. The molecule has 1 aromatic rings. The molecule has 0 saturated carbocycles. The molecule has 0 saturated heterocycles. The topological polar surface area (TPSA) is 241 Å². The predicted octanol–water partition coefficient (Wildman–Crippen LogP) is -0.744. The lowest BCUT2D eigenvalue weighted by atomic mass is 10.1. The Morgan fingerprint density at radius 2 is 0.667 bits per heavy atom. The van der Waals surface area contributed by atoms with Crippen molar-refractivity contribution in [2.45, 2.75) is 20.8 Å². The van der Waals surface area contributed by atoms with Gasteiger partial charge < -0.3 is 32.5 Å². The van der Waals surface area contributed by atoms with Gasteiger partial charge in [-0.3, -0.25) is 14.4 Å². The van der Waals surface area contributed by atoms with Crippen LogP contribution in [0.3, 0.4) is 0 Å². The molecule has 0 radical (unpaired) electrons. The second-order valence-corrected chi connectivity index (χ2v) is 4.55. The number of nitrogens with two attached hydrogens (primary N) is 3. The third kappa shape index (κ3) is 22.0. The van der Waals surface area contributed by atoms with Crippen molar-refractivity contribution < 1.29 is 44.1 Å². The summed E-state index contributed by atoms with van der Waals surface area (Å²) in [7, 11) is 0. The number of carbonyl (C=O) groups is 6. The average molecular weight is 387 g/mol. The van der Waals surface area contributed by atoms with Crippen molar-refractivity contribution in [3.63, 3.8) is 0 Å². The van der Waals surface area contributed by atoms with Crippen molar-refractivity contribution in [2.75, 3.05) is 0 Å². The monoisotopic (exact) mass is 387 g/mol. The number of benzene rings is 1. The molecule has 0 atom stereocenters. The van der Waals surface area contributed by atoms with Crippen LogP contribution >= 0.6 is 0 Å². The Balaban J connectivity index is -0.000000394. The van der Waals surface area contributed by atoms with Crippen LogP contribution in [-0.2, 0) is 14.4 Å². The van der Waals surface area contributed by atoms with Gasteiger partial charge in [-0.1, -0.05) is 0 Å². The number of primary amides is 3. The molecule has 0 aliphatic heterocycles. The van der Waals surface area contributed by atoms with E-state index < -0.39 is 17.9 Å². The molecule has 9 N–H and O–H groups in total. The molecule has 1 aromatic carbocycles. The van der Waals surface area contributed by atoms with E-state index in [1.807, 2.05) is 0 Å². The number of aromatic carboxylic acids is 3. The highest BCUT2D eigenvalue weighted by atomic mass is 16.4. The molecule has 12 nitrogen and oxygen atoms in total. The first-order chi connectivity index (χ1) is 12.1. The predicted molar refractivity (Wildman–Crippen MR) is 91.9 cm³/mol. The Bertz CT molecular complexity index is 595. The zero-order valence-electron chi connectivity index (χ0n) is 14.8. The normalized spacial score (nSPS) is 8.11. The summed E-state index contributed by atoms with van der Waals surface area (Å²) >= 11 is 0. The quantitative estimate of drug-likeness (QED) is 0.381. The summed E-state index contributed by atoms with van der Waals surface area (Å²) < 4.78 is 0. The van der Waals surface area contributed by atoms with Crippen LogP contribution in [0.25, 0.3) is 0 Å². The number of hydrogen-bond acceptors (Lipinski definition) is 6. The molecule has 0 unspecified atom stereocenters. The van der Waals surface area contributed by atoms with Gasteiger partial charge >= 0.3 is 17.9 Å². The first kappa shape index (κ1) is 27.9. The van der Waals surface area contributed by atoms with E-state index in [2.05, 4.69) is 17.2 Å². The van der Waals surface area contributed by atoms with Gasteiger partial charge in [0, 0.05) is 20.8 Å². The third-order valence-electron chi connectivity index (χ3n) is 1.67. The molecule has 0 aliphatic carbocycles. The molecule has 12 heteroatoms. The lowest BCUT2D eigenvalue weighted by Crippen LogP contribution is -2.07. The van der Waals surface area contributed by atoms with Crippen molar-refractivity contribution in [2.24, 2.45) is 17.2 Å². The Morgan fingerprint density at radius 3 is 0.741 bits per heavy atom. The summed E-state index contributed by atoms with van der Waals surface area (Å²) in [5.41, 5.74) is 12.3. The Kier molecular flexibility index (Phi) is 14.9. The maximum absolute atomic E-state index is 10.6. The van der Waals surface area contributed by atoms with E-state index in [0.717, 1.165) is 18.2 Å². The van der Waals surface area contributed by atoms with Gasteiger partial charge in [0.25, 0.3) is 0 Å². The van der Waals surface area contributed by atoms with Crippen LogP contribution in [0, 0.1) is 0 Å². The van der Waals surface area contributed by atoms with E-state index in [1.165, 1.54) is 20.8 Å². The fraction of sp³-hybridized carbons (Fsp3) is 0.200. The Hall–Kier alpha value is -3.96. The number of carboxylic acids is 3. The van der Waals surface area contributed by atoms with Crippen molar-refractivity contribution in [3.8, 4) is 0 Å². The standard InChI is InChI=1S/C9H6O6.3C2H5NO/c10-7(11)4-1-5(8(12)13)3-6(2-4)9(14)15;3*1-2(3)4/h1-3H,(H,10,11)(H,12,13)(H,14,15);3*1H3,(H2,3,4). The largest absolute Gasteiger partial charge is 0.478 e. The van der Waals surface area contributed by atoms with Crippen molar-refractivity contribution >= 4 is 35.6 Å². The van der Waals surface area contributed by atoms with E-state index in [-0.39, 0.29) is 34.4 Å². The fourth-order valence-corrected chi connectivity index (χ4v) is 0.998. The van der Waals surface area contributed by atoms with E-state index in [1.54, 1.807) is 0 Å². The maximum atomic E-state index is 10.6. The number of amides is 3. The van der Waals surface area contributed by atoms with Gasteiger partial charge in [0.2, 0.25) is 17.7 Å². The molecule has 0 bridgehead atoms. The average Bonchev–Trinajstić information content (AvgIpc) is 2.44. The van der Waals surface area contributed by atoms with E-state index in [4.69, 9.17) is 15.3 Å². The van der Waals surface area contributed by atoms with Gasteiger partial charge in [-0.05, 0) is 18.2 Å². The summed E-state index contributed by atoms with van der Waals surface area (Å²) in [6, 6.07) is 2.70. The minimum atomic E-state index is -1.37. The second kappa shape index (κ2) is 14.4. The molecule has 27 heavy (non-hydrogen) atoms. The summed E-state index contributed by atoms with van der Waals surface area (Å²) in [6.45, 7) is 3.92. The van der Waals surface area contributed by atoms with Crippen molar-refractivity contribution in [1.82, 2.24) is 0 Å². The minimum absolute atomic E-state index is 0.333. The Labute approximate surface area is 153 Å². The van der Waals surface area contributed by atoms with Gasteiger partial charge in [-0.2, -0.15) is 0 Å². The molecule has 0 aromatic heterocycles. The van der Waals surface area contributed by atoms with Crippen LogP contribution in [0.4, 0.5) is 0 Å². The zero-order valence-corrected chi connectivity index (χ0v) is 14.8. The van der Waals surface area contributed by atoms with Crippen LogP contribution in [0.1, 0.15) is 51.8 Å². The van der Waals surface area contributed by atoms with Crippen LogP contribution in [0.2, 0.25) is 0 Å². The van der Waals surface area contributed by atoms with E-state index >= 15 is 0 Å². The van der Waals surface area contributed by atoms with Crippen molar-refractivity contribution in [3.05, 3.63) is 34.9 Å². The molecule has 0 fully saturated rings. The molecule has 0 heterocycles. The molecule has 3 amide bonds. The Morgan fingerprint density at radius 1 is 0.556 bits per heavy atom. The SMILES string of the molecule is CC(N)=O.CC(N)=O.CC(N)=O.O=C(O)c1cc(C(=O)O)cc(C(=O)O)c1. The van der Waals surface area contributed by atoms with Gasteiger partial charge in [0.15, 0.2) is 0 Å². The van der Waals surface area contributed by atoms with Gasteiger partial charge in [-0.25, -0.2) is 14.4 Å². The summed E-state index contributed by atoms with van der Waals surface area (Å²) in [5, 5.41) is 25.8. The smallest absolute Gasteiger partial charge is 0.335 e. The fourth-order valence-electron chi connectivity index (χ4n) is 0.998. The second-order valence-electron chi connectivity index (χ2n) is 4.55. The van der Waals surface area contributed by atoms with E-state index in [9.17, 15) is 28.8 Å². The highest BCUT2D eigenvalue weighted by molar-refractivity contribution is 5.98. The van der Waals surface area contributed by atoms with Gasteiger partial charge in [0.1, 0.15) is 0 Å². The van der Waals surface area contributed by atoms with Crippen LogP contribution < -0.4 is 17.2 Å². The number of carbonyl (C=O) groups excluding carboxylic acids is 3. The third-order valence-corrected chi connectivity index (χ3v) is 1.67. The van der Waals surface area contributed by atoms with Crippen LogP contribution in [0.5, 0.6) is 0 Å². The number of carboxylic acid groups (broad SMARTS) is 3. The molecule has 0 spiro atoms. The molecule has 150 valence electrons.